The van der Waals surface area contributed by atoms with Crippen LogP contribution in [0.3, 0.4) is 0 Å². The first-order chi connectivity index (χ1) is 15.1. The number of nitrogens with zero attached hydrogens (tertiary/aromatic N) is 6. The summed E-state index contributed by atoms with van der Waals surface area (Å²) in [7, 11) is 0. The Morgan fingerprint density at radius 1 is 1.03 bits per heavy atom. The maximum Gasteiger partial charge on any atom is 0.246 e. The molecule has 1 aliphatic rings. The van der Waals surface area contributed by atoms with Gasteiger partial charge >= 0.3 is 0 Å². The molecule has 31 heavy (non-hydrogen) atoms. The Bertz CT molecular complexity index is 1220. The molecule has 1 N–H and O–H groups in total. The smallest absolute Gasteiger partial charge is 0.246 e. The summed E-state index contributed by atoms with van der Waals surface area (Å²) in [6.07, 6.45) is 4.27. The fourth-order valence-electron chi connectivity index (χ4n) is 3.84. The van der Waals surface area contributed by atoms with Gasteiger partial charge in [-0.05, 0) is 60.3 Å². The summed E-state index contributed by atoms with van der Waals surface area (Å²) in [5.41, 5.74) is 1.74. The van der Waals surface area contributed by atoms with Crippen LogP contribution >= 0.6 is 11.6 Å². The van der Waals surface area contributed by atoms with Crippen molar-refractivity contribution in [2.45, 2.75) is 31.7 Å². The molecule has 10 heteroatoms. The van der Waals surface area contributed by atoms with Gasteiger partial charge in [-0.3, -0.25) is 0 Å². The Labute approximate surface area is 181 Å². The van der Waals surface area contributed by atoms with Crippen molar-refractivity contribution in [3.8, 4) is 5.69 Å². The SMILES string of the molecule is Fc1ccc([C@@H]2CCCCn3nc(Nc4ccc(-n5cnc(Cl)n5)c(F)c4)nc32)cc1. The highest BCUT2D eigenvalue weighted by molar-refractivity contribution is 6.28. The van der Waals surface area contributed by atoms with E-state index >= 15 is 0 Å². The molecule has 2 aromatic heterocycles. The van der Waals surface area contributed by atoms with E-state index in [4.69, 9.17) is 11.6 Å². The fourth-order valence-corrected chi connectivity index (χ4v) is 3.96. The zero-order valence-corrected chi connectivity index (χ0v) is 17.1. The molecule has 0 radical (unpaired) electrons. The predicted molar refractivity (Wildman–Crippen MR) is 112 cm³/mol. The normalized spacial score (nSPS) is 16.0. The first kappa shape index (κ1) is 19.6. The van der Waals surface area contributed by atoms with E-state index < -0.39 is 5.82 Å². The molecule has 0 unspecified atom stereocenters. The average Bonchev–Trinajstić information content (AvgIpc) is 3.30. The molecular weight excluding hydrogens is 424 g/mol. The number of aromatic nitrogens is 6. The second kappa shape index (κ2) is 8.07. The number of halogens is 3. The molecule has 0 bridgehead atoms. The van der Waals surface area contributed by atoms with Crippen LogP contribution in [0.5, 0.6) is 0 Å². The standard InChI is InChI=1S/C21H18ClF2N7/c22-20-25-12-31(28-20)18-9-8-15(11-17(18)24)26-21-27-19-16(3-1-2-10-30(19)29-21)13-4-6-14(23)7-5-13/h4-9,11-12,16H,1-3,10H2,(H,26,29)/t16-/m0/s1. The van der Waals surface area contributed by atoms with E-state index in [2.05, 4.69) is 25.5 Å². The van der Waals surface area contributed by atoms with Crippen LogP contribution in [0.4, 0.5) is 20.4 Å². The van der Waals surface area contributed by atoms with Gasteiger partial charge in [0.2, 0.25) is 11.2 Å². The van der Waals surface area contributed by atoms with Crippen LogP contribution in [0.2, 0.25) is 5.28 Å². The van der Waals surface area contributed by atoms with Crippen molar-refractivity contribution in [1.82, 2.24) is 29.5 Å². The Kier molecular flexibility index (Phi) is 5.11. The molecule has 2 aromatic carbocycles. The van der Waals surface area contributed by atoms with Gasteiger partial charge in [-0.1, -0.05) is 18.6 Å². The molecule has 7 nitrogen and oxygen atoms in total. The predicted octanol–water partition coefficient (Wildman–Crippen LogP) is 4.85. The minimum Gasteiger partial charge on any atom is -0.323 e. The summed E-state index contributed by atoms with van der Waals surface area (Å²) in [6, 6.07) is 11.1. The highest BCUT2D eigenvalue weighted by Crippen LogP contribution is 2.32. The summed E-state index contributed by atoms with van der Waals surface area (Å²) in [5.74, 6) is 0.486. The molecule has 1 atom stereocenters. The Balaban J connectivity index is 1.41. The molecule has 5 rings (SSSR count). The van der Waals surface area contributed by atoms with Crippen molar-refractivity contribution in [2.75, 3.05) is 5.32 Å². The third kappa shape index (κ3) is 4.00. The molecule has 0 saturated heterocycles. The maximum atomic E-state index is 14.6. The molecule has 4 aromatic rings. The number of aryl methyl sites for hydroxylation is 1. The lowest BCUT2D eigenvalue weighted by molar-refractivity contribution is 0.576. The van der Waals surface area contributed by atoms with Gasteiger partial charge in [0.1, 0.15) is 23.7 Å². The van der Waals surface area contributed by atoms with Gasteiger partial charge in [0.25, 0.3) is 0 Å². The van der Waals surface area contributed by atoms with E-state index in [9.17, 15) is 8.78 Å². The molecule has 0 fully saturated rings. The third-order valence-electron chi connectivity index (χ3n) is 5.31. The Morgan fingerprint density at radius 2 is 1.87 bits per heavy atom. The summed E-state index contributed by atoms with van der Waals surface area (Å²) in [4.78, 5) is 8.48. The number of rotatable bonds is 4. The van der Waals surface area contributed by atoms with Crippen molar-refractivity contribution in [1.29, 1.82) is 0 Å². The van der Waals surface area contributed by atoms with Gasteiger partial charge in [0, 0.05) is 18.2 Å². The molecular formula is C21H18ClF2N7. The number of benzene rings is 2. The molecule has 1 aliphatic heterocycles. The van der Waals surface area contributed by atoms with E-state index in [1.54, 1.807) is 24.3 Å². The van der Waals surface area contributed by atoms with Crippen LogP contribution in [-0.4, -0.2) is 29.5 Å². The first-order valence-corrected chi connectivity index (χ1v) is 10.3. The lowest BCUT2D eigenvalue weighted by Crippen LogP contribution is -2.08. The lowest BCUT2D eigenvalue weighted by atomic mass is 9.93. The van der Waals surface area contributed by atoms with Crippen molar-refractivity contribution >= 4 is 23.2 Å². The quantitative estimate of drug-likeness (QED) is 0.490. The Hall–Kier alpha value is -3.33. The van der Waals surface area contributed by atoms with E-state index in [0.29, 0.717) is 11.6 Å². The average molecular weight is 442 g/mol. The van der Waals surface area contributed by atoms with E-state index in [1.165, 1.54) is 29.2 Å². The van der Waals surface area contributed by atoms with Crippen molar-refractivity contribution in [3.05, 3.63) is 77.1 Å². The van der Waals surface area contributed by atoms with Crippen LogP contribution in [0.1, 0.15) is 36.6 Å². The van der Waals surface area contributed by atoms with Crippen LogP contribution in [0.15, 0.2) is 48.8 Å². The van der Waals surface area contributed by atoms with Crippen LogP contribution in [0.25, 0.3) is 5.69 Å². The topological polar surface area (TPSA) is 73.5 Å². The van der Waals surface area contributed by atoms with Gasteiger partial charge in [-0.15, -0.1) is 10.2 Å². The van der Waals surface area contributed by atoms with E-state index in [1.807, 2.05) is 4.68 Å². The number of hydrogen-bond donors (Lipinski definition) is 1. The molecule has 0 spiro atoms. The van der Waals surface area contributed by atoms with Crippen LogP contribution in [0, 0.1) is 11.6 Å². The van der Waals surface area contributed by atoms with Crippen molar-refractivity contribution in [3.63, 3.8) is 0 Å². The number of hydrogen-bond acceptors (Lipinski definition) is 5. The zero-order chi connectivity index (χ0) is 21.4. The Morgan fingerprint density at radius 3 is 2.61 bits per heavy atom. The first-order valence-electron chi connectivity index (χ1n) is 9.91. The summed E-state index contributed by atoms with van der Waals surface area (Å²) >= 11 is 5.71. The molecule has 0 aliphatic carbocycles. The summed E-state index contributed by atoms with van der Waals surface area (Å²) in [5, 5.41) is 11.6. The van der Waals surface area contributed by atoms with E-state index in [-0.39, 0.29) is 22.7 Å². The molecule has 3 heterocycles. The van der Waals surface area contributed by atoms with Gasteiger partial charge in [-0.25, -0.2) is 23.1 Å². The second-order valence-corrected chi connectivity index (χ2v) is 7.70. The van der Waals surface area contributed by atoms with Gasteiger partial charge < -0.3 is 5.32 Å². The van der Waals surface area contributed by atoms with Crippen molar-refractivity contribution < 1.29 is 8.78 Å². The molecule has 0 amide bonds. The van der Waals surface area contributed by atoms with Crippen LogP contribution in [-0.2, 0) is 6.54 Å². The summed E-state index contributed by atoms with van der Waals surface area (Å²) < 4.78 is 31.1. The molecule has 0 saturated carbocycles. The van der Waals surface area contributed by atoms with Crippen LogP contribution < -0.4 is 5.32 Å². The van der Waals surface area contributed by atoms with Crippen molar-refractivity contribution in [2.24, 2.45) is 0 Å². The second-order valence-electron chi connectivity index (χ2n) is 7.37. The van der Waals surface area contributed by atoms with Gasteiger partial charge in [0.05, 0.1) is 0 Å². The molecule has 158 valence electrons. The summed E-state index contributed by atoms with van der Waals surface area (Å²) in [6.45, 7) is 0.752. The van der Waals surface area contributed by atoms with Gasteiger partial charge in [-0.2, -0.15) is 4.98 Å². The maximum absolute atomic E-state index is 14.6. The number of fused-ring (bicyclic) bond motifs is 1. The van der Waals surface area contributed by atoms with E-state index in [0.717, 1.165) is 37.2 Å². The minimum atomic E-state index is -0.489. The fraction of sp³-hybridized carbons (Fsp3) is 0.238. The monoisotopic (exact) mass is 441 g/mol. The lowest BCUT2D eigenvalue weighted by Gasteiger charge is -2.14. The van der Waals surface area contributed by atoms with Gasteiger partial charge in [0.15, 0.2) is 5.82 Å². The number of anilines is 2. The largest absolute Gasteiger partial charge is 0.323 e. The minimum absolute atomic E-state index is 0.0299. The zero-order valence-electron chi connectivity index (χ0n) is 16.3. The number of nitrogens with one attached hydrogen (secondary N) is 1. The highest BCUT2D eigenvalue weighted by atomic mass is 35.5. The third-order valence-corrected chi connectivity index (χ3v) is 5.48. The highest BCUT2D eigenvalue weighted by Gasteiger charge is 2.24.